The first kappa shape index (κ1) is 34.7. The van der Waals surface area contributed by atoms with Crippen molar-refractivity contribution in [3.05, 3.63) is 11.6 Å². The summed E-state index contributed by atoms with van der Waals surface area (Å²) < 4.78 is 12.2. The van der Waals surface area contributed by atoms with Crippen molar-refractivity contribution in [3.63, 3.8) is 0 Å². The molecule has 6 N–H and O–H groups in total. The van der Waals surface area contributed by atoms with Crippen LogP contribution >= 0.6 is 0 Å². The van der Waals surface area contributed by atoms with Crippen molar-refractivity contribution in [2.45, 2.75) is 162 Å². The van der Waals surface area contributed by atoms with Gasteiger partial charge in [-0.15, -0.1) is 0 Å². The van der Waals surface area contributed by atoms with Crippen molar-refractivity contribution in [1.82, 2.24) is 0 Å². The highest BCUT2D eigenvalue weighted by Crippen LogP contribution is 2.76. The van der Waals surface area contributed by atoms with Crippen LogP contribution in [0.1, 0.15) is 113 Å². The van der Waals surface area contributed by atoms with E-state index in [1.807, 2.05) is 6.92 Å². The number of aliphatic hydroxyl groups is 6. The van der Waals surface area contributed by atoms with Gasteiger partial charge in [-0.25, -0.2) is 0 Å². The number of allylic oxidation sites excluding steroid dienone is 2. The predicted octanol–water partition coefficient (Wildman–Crippen LogP) is 4.32. The lowest BCUT2D eigenvalue weighted by atomic mass is 9.35. The molecule has 0 bridgehead atoms. The maximum atomic E-state index is 12.0. The fourth-order valence-electron chi connectivity index (χ4n) is 11.9. The molecule has 4 saturated carbocycles. The Hall–Kier alpha value is -0.580. The van der Waals surface area contributed by atoms with Gasteiger partial charge in [0, 0.05) is 0 Å². The lowest BCUT2D eigenvalue weighted by molar-refractivity contribution is -0.332. The zero-order valence-electron chi connectivity index (χ0n) is 28.5. The minimum absolute atomic E-state index is 0.0231. The molecule has 0 aromatic heterocycles. The first-order valence-corrected chi connectivity index (χ1v) is 17.3. The molecule has 0 aromatic carbocycles. The molecule has 0 amide bonds. The van der Waals surface area contributed by atoms with E-state index in [2.05, 4.69) is 54.5 Å². The van der Waals surface area contributed by atoms with E-state index in [9.17, 15) is 30.6 Å². The van der Waals surface area contributed by atoms with E-state index in [0.717, 1.165) is 51.4 Å². The monoisotopic (exact) mass is 622 g/mol. The molecule has 1 aliphatic heterocycles. The van der Waals surface area contributed by atoms with Crippen LogP contribution in [-0.2, 0) is 9.47 Å². The zero-order valence-corrected chi connectivity index (χ0v) is 28.5. The third kappa shape index (κ3) is 5.26. The Balaban J connectivity index is 1.37. The number of fused-ring (bicyclic) bond motifs is 5. The van der Waals surface area contributed by atoms with Gasteiger partial charge in [-0.2, -0.15) is 0 Å². The molecule has 15 atom stereocenters. The fraction of sp³-hybridized carbons (Fsp3) is 0.944. The molecule has 5 rings (SSSR count). The molecule has 8 nitrogen and oxygen atoms in total. The Morgan fingerprint density at radius 1 is 0.886 bits per heavy atom. The quantitative estimate of drug-likeness (QED) is 0.182. The van der Waals surface area contributed by atoms with Gasteiger partial charge in [-0.3, -0.25) is 0 Å². The highest BCUT2D eigenvalue weighted by Gasteiger charge is 2.71. The van der Waals surface area contributed by atoms with Crippen molar-refractivity contribution in [3.8, 4) is 0 Å². The van der Waals surface area contributed by atoms with Crippen molar-refractivity contribution in [1.29, 1.82) is 0 Å². The van der Waals surface area contributed by atoms with Crippen molar-refractivity contribution >= 4 is 0 Å². The molecule has 44 heavy (non-hydrogen) atoms. The second kappa shape index (κ2) is 11.8. The van der Waals surface area contributed by atoms with Gasteiger partial charge in [0.15, 0.2) is 6.29 Å². The van der Waals surface area contributed by atoms with E-state index < -0.39 is 49.0 Å². The Labute approximate surface area is 265 Å². The molecule has 0 spiro atoms. The lowest BCUT2D eigenvalue weighted by Gasteiger charge is -2.70. The molecule has 1 heterocycles. The van der Waals surface area contributed by atoms with E-state index in [1.165, 1.54) is 5.57 Å². The number of rotatable bonds is 7. The SMILES string of the molecule is CC(C)=CCC[C@](C)(O)[C@H]1CC[C@]2(C)[C@@H]1[C@@H](O)C[C@@H]1[C@@]3(C)CC[C@@H](O[C@@H]4O[C@H](CO)[C@@H](O)[C@H](O)[C@H]4O)C(C)(C)C3CC[C@]12C. The summed E-state index contributed by atoms with van der Waals surface area (Å²) in [7, 11) is 0. The molecule has 254 valence electrons. The Bertz CT molecular complexity index is 1070. The normalized spacial score (nSPS) is 51.5. The van der Waals surface area contributed by atoms with Crippen LogP contribution in [0.2, 0.25) is 0 Å². The van der Waals surface area contributed by atoms with Crippen LogP contribution in [0.3, 0.4) is 0 Å². The van der Waals surface area contributed by atoms with Crippen LogP contribution < -0.4 is 0 Å². The molecule has 4 aliphatic carbocycles. The number of aliphatic hydroxyl groups excluding tert-OH is 5. The van der Waals surface area contributed by atoms with Crippen LogP contribution in [-0.4, -0.2) is 85.8 Å². The Kier molecular flexibility index (Phi) is 9.35. The Morgan fingerprint density at radius 2 is 1.55 bits per heavy atom. The van der Waals surface area contributed by atoms with Crippen molar-refractivity contribution < 1.29 is 40.1 Å². The van der Waals surface area contributed by atoms with E-state index in [-0.39, 0.29) is 39.6 Å². The molecule has 1 saturated heterocycles. The second-order valence-electron chi connectivity index (χ2n) is 17.3. The molecule has 0 aromatic rings. The van der Waals surface area contributed by atoms with Gasteiger partial charge in [-0.05, 0) is 124 Å². The van der Waals surface area contributed by atoms with Gasteiger partial charge in [0.2, 0.25) is 0 Å². The van der Waals surface area contributed by atoms with Crippen molar-refractivity contribution in [2.75, 3.05) is 6.61 Å². The standard InChI is InChI=1S/C36H62O8/c1-20(2)10-9-14-36(8,42)21-11-16-35(7)27(21)22(38)18-25-33(5)15-13-26(32(3,4)24(33)12-17-34(25,35)6)44-31-30(41)29(40)28(39)23(19-37)43-31/h10,21-31,37-42H,9,11-19H2,1-8H3/t21-,22-,23+,24?,25+,26+,27-,28+,29-,30+,31-,33-,34+,35+,36-/m0/s1. The third-order valence-corrected chi connectivity index (χ3v) is 14.5. The summed E-state index contributed by atoms with van der Waals surface area (Å²) in [5.41, 5.74) is 0.122. The van der Waals surface area contributed by atoms with E-state index in [4.69, 9.17) is 9.47 Å². The molecular formula is C36H62O8. The minimum atomic E-state index is -1.46. The molecule has 5 fully saturated rings. The van der Waals surface area contributed by atoms with Gasteiger partial charge in [0.25, 0.3) is 0 Å². The first-order chi connectivity index (χ1) is 20.3. The summed E-state index contributed by atoms with van der Waals surface area (Å²) in [5, 5.41) is 64.8. The van der Waals surface area contributed by atoms with Crippen LogP contribution in [0.5, 0.6) is 0 Å². The summed E-state index contributed by atoms with van der Waals surface area (Å²) in [5.74, 6) is 0.792. The number of hydrogen-bond donors (Lipinski definition) is 6. The maximum absolute atomic E-state index is 12.0. The molecule has 0 radical (unpaired) electrons. The van der Waals surface area contributed by atoms with Gasteiger partial charge in [0.05, 0.1) is 24.4 Å². The van der Waals surface area contributed by atoms with Crippen LogP contribution in [0, 0.1) is 45.3 Å². The van der Waals surface area contributed by atoms with Crippen LogP contribution in [0.25, 0.3) is 0 Å². The van der Waals surface area contributed by atoms with Gasteiger partial charge in [-0.1, -0.05) is 46.3 Å². The summed E-state index contributed by atoms with van der Waals surface area (Å²) in [6.45, 7) is 17.5. The maximum Gasteiger partial charge on any atom is 0.186 e. The van der Waals surface area contributed by atoms with E-state index >= 15 is 0 Å². The minimum Gasteiger partial charge on any atom is -0.394 e. The number of ether oxygens (including phenoxy) is 2. The van der Waals surface area contributed by atoms with E-state index in [1.54, 1.807) is 0 Å². The summed E-state index contributed by atoms with van der Waals surface area (Å²) in [6.07, 6.45) is 3.15. The molecular weight excluding hydrogens is 560 g/mol. The van der Waals surface area contributed by atoms with Crippen molar-refractivity contribution in [2.24, 2.45) is 45.3 Å². The lowest BCUT2D eigenvalue weighted by Crippen LogP contribution is -2.67. The smallest absolute Gasteiger partial charge is 0.186 e. The fourth-order valence-corrected chi connectivity index (χ4v) is 11.9. The zero-order chi connectivity index (χ0) is 32.6. The highest BCUT2D eigenvalue weighted by atomic mass is 16.7. The molecule has 5 aliphatic rings. The highest BCUT2D eigenvalue weighted by molar-refractivity contribution is 5.20. The van der Waals surface area contributed by atoms with E-state index in [0.29, 0.717) is 18.3 Å². The predicted molar refractivity (Wildman–Crippen MR) is 168 cm³/mol. The summed E-state index contributed by atoms with van der Waals surface area (Å²) >= 11 is 0. The summed E-state index contributed by atoms with van der Waals surface area (Å²) in [6, 6.07) is 0. The van der Waals surface area contributed by atoms with Gasteiger partial charge >= 0.3 is 0 Å². The van der Waals surface area contributed by atoms with Gasteiger partial charge < -0.3 is 40.1 Å². The number of hydrogen-bond acceptors (Lipinski definition) is 8. The largest absolute Gasteiger partial charge is 0.394 e. The third-order valence-electron chi connectivity index (χ3n) is 14.5. The van der Waals surface area contributed by atoms with Gasteiger partial charge in [0.1, 0.15) is 24.4 Å². The average molecular weight is 623 g/mol. The summed E-state index contributed by atoms with van der Waals surface area (Å²) in [4.78, 5) is 0. The average Bonchev–Trinajstić information content (AvgIpc) is 3.32. The first-order valence-electron chi connectivity index (χ1n) is 17.3. The van der Waals surface area contributed by atoms with Crippen LogP contribution in [0.15, 0.2) is 11.6 Å². The van der Waals surface area contributed by atoms with Crippen LogP contribution in [0.4, 0.5) is 0 Å². The Morgan fingerprint density at radius 3 is 2.18 bits per heavy atom. The topological polar surface area (TPSA) is 140 Å². The second-order valence-corrected chi connectivity index (χ2v) is 17.3. The molecule has 8 heteroatoms. The molecule has 1 unspecified atom stereocenters.